The van der Waals surface area contributed by atoms with Gasteiger partial charge in [-0.25, -0.2) is 4.98 Å². The maximum absolute atomic E-state index is 12.4. The largest absolute Gasteiger partial charge is 0.427 e. The minimum atomic E-state index is -4.28. The summed E-state index contributed by atoms with van der Waals surface area (Å²) in [7, 11) is 0. The fraction of sp³-hybridized carbons (Fsp3) is 0.727. The maximum Gasteiger partial charge on any atom is 0.427 e. The molecule has 2 rings (SSSR count). The van der Waals surface area contributed by atoms with Crippen molar-refractivity contribution >= 4 is 11.3 Å². The van der Waals surface area contributed by atoms with Gasteiger partial charge in [0.2, 0.25) is 0 Å². The van der Waals surface area contributed by atoms with Crippen LogP contribution in [0.25, 0.3) is 0 Å². The van der Waals surface area contributed by atoms with Crippen LogP contribution in [0, 0.1) is 5.92 Å². The van der Waals surface area contributed by atoms with Crippen molar-refractivity contribution in [1.29, 1.82) is 0 Å². The molecular weight excluding hydrogens is 263 g/mol. The third kappa shape index (κ3) is 3.43. The Morgan fingerprint density at radius 2 is 2.06 bits per heavy atom. The lowest BCUT2D eigenvalue weighted by Gasteiger charge is -2.30. The number of piperidine rings is 1. The fourth-order valence-corrected chi connectivity index (χ4v) is 2.91. The van der Waals surface area contributed by atoms with Gasteiger partial charge in [-0.1, -0.05) is 0 Å². The van der Waals surface area contributed by atoms with E-state index in [2.05, 4.69) is 9.88 Å². The van der Waals surface area contributed by atoms with Gasteiger partial charge in [-0.05, 0) is 38.4 Å². The number of aromatic nitrogens is 1. The Morgan fingerprint density at radius 3 is 2.56 bits per heavy atom. The second-order valence-corrected chi connectivity index (χ2v) is 5.69. The molecule has 2 heterocycles. The minimum Gasteiger partial charge on any atom is -0.330 e. The fourth-order valence-electron chi connectivity index (χ4n) is 2.09. The number of hydrogen-bond acceptors (Lipinski definition) is 4. The highest BCUT2D eigenvalue weighted by atomic mass is 32.1. The summed E-state index contributed by atoms with van der Waals surface area (Å²) in [5, 5.41) is 0.536. The van der Waals surface area contributed by atoms with Crippen LogP contribution in [-0.4, -0.2) is 29.5 Å². The van der Waals surface area contributed by atoms with E-state index in [1.54, 1.807) is 0 Å². The molecule has 0 radical (unpaired) electrons. The second kappa shape index (κ2) is 5.54. The predicted molar refractivity (Wildman–Crippen MR) is 64.2 cm³/mol. The lowest BCUT2D eigenvalue weighted by molar-refractivity contribution is -0.134. The number of rotatable bonds is 3. The zero-order chi connectivity index (χ0) is 13.2. The van der Waals surface area contributed by atoms with E-state index in [9.17, 15) is 13.2 Å². The summed E-state index contributed by atoms with van der Waals surface area (Å²) in [5.41, 5.74) is 5.60. The normalized spacial score (nSPS) is 19.3. The SMILES string of the molecule is NCC1CCN(Cc2ncc(C(F)(F)F)s2)CC1. The molecule has 0 saturated carbocycles. The van der Waals surface area contributed by atoms with Crippen molar-refractivity contribution in [3.8, 4) is 0 Å². The molecule has 0 unspecified atom stereocenters. The van der Waals surface area contributed by atoms with E-state index in [0.717, 1.165) is 43.5 Å². The molecule has 0 amide bonds. The van der Waals surface area contributed by atoms with Crippen LogP contribution in [0.5, 0.6) is 0 Å². The molecule has 0 aromatic carbocycles. The predicted octanol–water partition coefficient (Wildman–Crippen LogP) is 2.33. The van der Waals surface area contributed by atoms with Crippen molar-refractivity contribution in [1.82, 2.24) is 9.88 Å². The molecule has 1 fully saturated rings. The highest BCUT2D eigenvalue weighted by molar-refractivity contribution is 7.11. The highest BCUT2D eigenvalue weighted by Crippen LogP contribution is 2.33. The summed E-state index contributed by atoms with van der Waals surface area (Å²) >= 11 is 0.738. The van der Waals surface area contributed by atoms with Gasteiger partial charge in [0.15, 0.2) is 0 Å². The number of likely N-dealkylation sites (tertiary alicyclic amines) is 1. The van der Waals surface area contributed by atoms with Gasteiger partial charge in [0.1, 0.15) is 9.88 Å². The van der Waals surface area contributed by atoms with Crippen LogP contribution in [0.3, 0.4) is 0 Å². The number of alkyl halides is 3. The number of nitrogens with zero attached hydrogens (tertiary/aromatic N) is 2. The third-order valence-corrected chi connectivity index (χ3v) is 4.26. The van der Waals surface area contributed by atoms with Gasteiger partial charge in [0, 0.05) is 0 Å². The summed E-state index contributed by atoms with van der Waals surface area (Å²) in [6.07, 6.45) is -1.31. The van der Waals surface area contributed by atoms with E-state index < -0.39 is 11.1 Å². The number of hydrogen-bond donors (Lipinski definition) is 1. The lowest BCUT2D eigenvalue weighted by atomic mass is 9.97. The van der Waals surface area contributed by atoms with Gasteiger partial charge in [0.25, 0.3) is 0 Å². The first-order valence-corrected chi connectivity index (χ1v) is 6.75. The Hall–Kier alpha value is -0.660. The van der Waals surface area contributed by atoms with Gasteiger partial charge in [-0.2, -0.15) is 13.2 Å². The Morgan fingerprint density at radius 1 is 1.39 bits per heavy atom. The Labute approximate surface area is 108 Å². The van der Waals surface area contributed by atoms with Crippen LogP contribution in [-0.2, 0) is 12.7 Å². The Bertz CT molecular complexity index is 383. The second-order valence-electron chi connectivity index (χ2n) is 4.57. The molecule has 1 saturated heterocycles. The molecule has 1 aliphatic rings. The molecule has 18 heavy (non-hydrogen) atoms. The van der Waals surface area contributed by atoms with E-state index in [0.29, 0.717) is 24.0 Å². The molecule has 0 aliphatic carbocycles. The van der Waals surface area contributed by atoms with Crippen LogP contribution in [0.2, 0.25) is 0 Å². The van der Waals surface area contributed by atoms with E-state index in [-0.39, 0.29) is 0 Å². The molecule has 1 aliphatic heterocycles. The molecule has 0 atom stereocenters. The average molecular weight is 279 g/mol. The van der Waals surface area contributed by atoms with E-state index in [4.69, 9.17) is 5.73 Å². The van der Waals surface area contributed by atoms with Crippen LogP contribution in [0.4, 0.5) is 13.2 Å². The highest BCUT2D eigenvalue weighted by Gasteiger charge is 2.33. The first-order valence-electron chi connectivity index (χ1n) is 5.93. The lowest BCUT2D eigenvalue weighted by Crippen LogP contribution is -2.35. The van der Waals surface area contributed by atoms with Crippen molar-refractivity contribution in [2.24, 2.45) is 11.7 Å². The van der Waals surface area contributed by atoms with E-state index >= 15 is 0 Å². The van der Waals surface area contributed by atoms with Gasteiger partial charge in [-0.15, -0.1) is 11.3 Å². The summed E-state index contributed by atoms with van der Waals surface area (Å²) in [5.74, 6) is 0.559. The van der Waals surface area contributed by atoms with Crippen molar-refractivity contribution in [3.05, 3.63) is 16.1 Å². The quantitative estimate of drug-likeness (QED) is 0.923. The Balaban J connectivity index is 1.89. The van der Waals surface area contributed by atoms with Gasteiger partial charge < -0.3 is 5.73 Å². The molecule has 102 valence electrons. The Kier molecular flexibility index (Phi) is 4.24. The minimum absolute atomic E-state index is 0.512. The zero-order valence-electron chi connectivity index (χ0n) is 9.91. The summed E-state index contributed by atoms with van der Waals surface area (Å²) in [6, 6.07) is 0. The standard InChI is InChI=1S/C11H16F3N3S/c12-11(13,14)9-6-16-10(18-9)7-17-3-1-8(5-15)2-4-17/h6,8H,1-5,7,15H2. The smallest absolute Gasteiger partial charge is 0.330 e. The van der Waals surface area contributed by atoms with Gasteiger partial charge in [-0.3, -0.25) is 4.90 Å². The topological polar surface area (TPSA) is 42.1 Å². The summed E-state index contributed by atoms with van der Waals surface area (Å²) in [4.78, 5) is 5.38. The molecule has 2 N–H and O–H groups in total. The van der Waals surface area contributed by atoms with Crippen molar-refractivity contribution < 1.29 is 13.2 Å². The molecule has 0 spiro atoms. The van der Waals surface area contributed by atoms with Gasteiger partial charge >= 0.3 is 6.18 Å². The molecular formula is C11H16F3N3S. The maximum atomic E-state index is 12.4. The molecule has 7 heteroatoms. The zero-order valence-corrected chi connectivity index (χ0v) is 10.7. The van der Waals surface area contributed by atoms with Crippen molar-refractivity contribution in [2.75, 3.05) is 19.6 Å². The van der Waals surface area contributed by atoms with Crippen LogP contribution in [0.15, 0.2) is 6.20 Å². The number of thiazole rings is 1. The van der Waals surface area contributed by atoms with E-state index in [1.807, 2.05) is 0 Å². The average Bonchev–Trinajstić information content (AvgIpc) is 2.78. The molecule has 1 aromatic rings. The number of halogens is 3. The monoisotopic (exact) mass is 279 g/mol. The van der Waals surface area contributed by atoms with Crippen LogP contribution in [0.1, 0.15) is 22.7 Å². The summed E-state index contributed by atoms with van der Waals surface area (Å²) in [6.45, 7) is 2.99. The van der Waals surface area contributed by atoms with Gasteiger partial charge in [0.05, 0.1) is 12.7 Å². The first-order chi connectivity index (χ1) is 8.49. The molecule has 0 bridgehead atoms. The van der Waals surface area contributed by atoms with Crippen LogP contribution >= 0.6 is 11.3 Å². The van der Waals surface area contributed by atoms with E-state index in [1.165, 1.54) is 0 Å². The molecule has 1 aromatic heterocycles. The summed E-state index contributed by atoms with van der Waals surface area (Å²) < 4.78 is 37.3. The number of nitrogens with two attached hydrogens (primary N) is 1. The molecule has 3 nitrogen and oxygen atoms in total. The third-order valence-electron chi connectivity index (χ3n) is 3.23. The van der Waals surface area contributed by atoms with Crippen molar-refractivity contribution in [2.45, 2.75) is 25.6 Å². The van der Waals surface area contributed by atoms with Crippen molar-refractivity contribution in [3.63, 3.8) is 0 Å². The van der Waals surface area contributed by atoms with Crippen LogP contribution < -0.4 is 5.73 Å². The first kappa shape index (κ1) is 13.8.